The van der Waals surface area contributed by atoms with Crippen LogP contribution in [0.25, 0.3) is 0 Å². The maximum absolute atomic E-state index is 7.45. The molecule has 4 aliphatic rings. The van der Waals surface area contributed by atoms with Gasteiger partial charge in [0.15, 0.2) is 0 Å². The first kappa shape index (κ1) is 18.8. The molecule has 3 aromatic rings. The van der Waals surface area contributed by atoms with Crippen LogP contribution >= 0.6 is 0 Å². The highest BCUT2D eigenvalue weighted by Crippen LogP contribution is 2.64. The van der Waals surface area contributed by atoms with E-state index >= 15 is 0 Å². The van der Waals surface area contributed by atoms with Crippen molar-refractivity contribution < 1.29 is 4.43 Å². The summed E-state index contributed by atoms with van der Waals surface area (Å²) in [6.07, 6.45) is 0. The first-order valence-corrected chi connectivity index (χ1v) is 17.5. The Morgan fingerprint density at radius 2 is 1.33 bits per heavy atom. The maximum atomic E-state index is 7.45. The predicted octanol–water partition coefficient (Wildman–Crippen LogP) is 5.26. The number of rotatable bonds is 1. The summed E-state index contributed by atoms with van der Waals surface area (Å²) in [7, 11) is -3.66. The van der Waals surface area contributed by atoms with Crippen LogP contribution in [0, 0.1) is 6.92 Å². The molecule has 3 aliphatic carbocycles. The van der Waals surface area contributed by atoms with Crippen LogP contribution in [-0.4, -0.2) is 16.4 Å². The Labute approximate surface area is 182 Å². The lowest BCUT2D eigenvalue weighted by Crippen LogP contribution is -2.56. The van der Waals surface area contributed by atoms with Gasteiger partial charge in [-0.2, -0.15) is 0 Å². The minimum atomic E-state index is -2.06. The Kier molecular flexibility index (Phi) is 3.30. The first-order chi connectivity index (χ1) is 14.0. The van der Waals surface area contributed by atoms with E-state index < -0.39 is 22.0 Å². The van der Waals surface area contributed by atoms with Gasteiger partial charge < -0.3 is 4.43 Å². The fourth-order valence-electron chi connectivity index (χ4n) is 6.78. The van der Waals surface area contributed by atoms with Gasteiger partial charge in [0, 0.05) is 5.41 Å². The molecule has 0 N–H and O–H groups in total. The molecule has 0 aromatic heterocycles. The van der Waals surface area contributed by atoms with E-state index in [2.05, 4.69) is 101 Å². The van der Waals surface area contributed by atoms with E-state index in [1.165, 1.54) is 44.1 Å². The Morgan fingerprint density at radius 1 is 0.767 bits per heavy atom. The zero-order chi connectivity index (χ0) is 21.3. The quantitative estimate of drug-likeness (QED) is 0.483. The van der Waals surface area contributed by atoms with E-state index in [1.54, 1.807) is 5.19 Å². The molecular formula is C27H30OSi2. The molecule has 2 bridgehead atoms. The van der Waals surface area contributed by atoms with Crippen molar-refractivity contribution in [2.75, 3.05) is 0 Å². The standard InChI is InChI=1S/C27H30OSi2/c1-17-11-8-12-18-23(17)27-24-19(13-9-15-21(24)29(3,4)5)26(18,2)20-14-10-16-22(25(20)27)30(6,7)28-27/h8-16H,1-7H3. The van der Waals surface area contributed by atoms with Crippen molar-refractivity contribution in [1.29, 1.82) is 0 Å². The molecule has 1 nitrogen and oxygen atoms in total. The summed E-state index contributed by atoms with van der Waals surface area (Å²) < 4.78 is 7.45. The van der Waals surface area contributed by atoms with Crippen molar-refractivity contribution in [3.8, 4) is 0 Å². The lowest BCUT2D eigenvalue weighted by atomic mass is 9.51. The zero-order valence-electron chi connectivity index (χ0n) is 19.1. The van der Waals surface area contributed by atoms with E-state index in [1.807, 2.05) is 0 Å². The smallest absolute Gasteiger partial charge is 0.220 e. The largest absolute Gasteiger partial charge is 0.395 e. The van der Waals surface area contributed by atoms with Crippen molar-refractivity contribution >= 4 is 26.8 Å². The van der Waals surface area contributed by atoms with Gasteiger partial charge in [-0.3, -0.25) is 0 Å². The molecule has 3 heteroatoms. The van der Waals surface area contributed by atoms with Crippen molar-refractivity contribution in [3.63, 3.8) is 0 Å². The van der Waals surface area contributed by atoms with Crippen molar-refractivity contribution in [2.24, 2.45) is 0 Å². The molecule has 1 aliphatic heterocycles. The Morgan fingerprint density at radius 3 is 2.00 bits per heavy atom. The average Bonchev–Trinajstić information content (AvgIpc) is 2.93. The Hall–Kier alpha value is -1.95. The summed E-state index contributed by atoms with van der Waals surface area (Å²) in [6, 6.07) is 21.0. The molecule has 1 spiro atoms. The minimum Gasteiger partial charge on any atom is -0.395 e. The van der Waals surface area contributed by atoms with Gasteiger partial charge in [0.2, 0.25) is 8.32 Å². The molecule has 0 saturated heterocycles. The topological polar surface area (TPSA) is 9.23 Å². The van der Waals surface area contributed by atoms with Crippen molar-refractivity contribution in [3.05, 3.63) is 93.5 Å². The molecule has 0 amide bonds. The highest BCUT2D eigenvalue weighted by atomic mass is 28.4. The highest BCUT2D eigenvalue weighted by Gasteiger charge is 2.65. The highest BCUT2D eigenvalue weighted by molar-refractivity contribution is 6.89. The van der Waals surface area contributed by atoms with Gasteiger partial charge in [0.25, 0.3) is 0 Å². The van der Waals surface area contributed by atoms with Gasteiger partial charge in [-0.25, -0.2) is 0 Å². The maximum Gasteiger partial charge on any atom is 0.220 e. The van der Waals surface area contributed by atoms with E-state index in [-0.39, 0.29) is 5.41 Å². The second-order valence-corrected chi connectivity index (χ2v) is 19.9. The summed E-state index contributed by atoms with van der Waals surface area (Å²) in [5, 5.41) is 3.06. The molecule has 1 heterocycles. The lowest BCUT2D eigenvalue weighted by molar-refractivity contribution is 0.145. The van der Waals surface area contributed by atoms with E-state index in [0.717, 1.165) is 0 Å². The summed E-state index contributed by atoms with van der Waals surface area (Å²) in [4.78, 5) is 0. The van der Waals surface area contributed by atoms with Crippen molar-refractivity contribution in [1.82, 2.24) is 0 Å². The molecule has 152 valence electrons. The number of benzene rings is 3. The Balaban J connectivity index is 1.92. The fourth-order valence-corrected chi connectivity index (χ4v) is 11.0. The summed E-state index contributed by atoms with van der Waals surface area (Å²) >= 11 is 0. The van der Waals surface area contributed by atoms with Crippen LogP contribution in [0.5, 0.6) is 0 Å². The van der Waals surface area contributed by atoms with Crippen LogP contribution in [0.4, 0.5) is 0 Å². The third-order valence-electron chi connectivity index (χ3n) is 7.94. The molecule has 7 rings (SSSR count). The van der Waals surface area contributed by atoms with Crippen LogP contribution in [0.1, 0.15) is 45.9 Å². The third-order valence-corrected chi connectivity index (χ3v) is 12.5. The molecule has 2 unspecified atom stereocenters. The predicted molar refractivity (Wildman–Crippen MR) is 131 cm³/mol. The van der Waals surface area contributed by atoms with E-state index in [4.69, 9.17) is 4.43 Å². The van der Waals surface area contributed by atoms with Gasteiger partial charge in [-0.05, 0) is 71.1 Å². The average molecular weight is 427 g/mol. The first-order valence-electron chi connectivity index (χ1n) is 11.1. The van der Waals surface area contributed by atoms with Gasteiger partial charge in [-0.15, -0.1) is 0 Å². The third kappa shape index (κ3) is 1.85. The second kappa shape index (κ2) is 5.27. The van der Waals surface area contributed by atoms with Gasteiger partial charge in [-0.1, -0.05) is 79.4 Å². The summed E-state index contributed by atoms with van der Waals surface area (Å²) in [5.74, 6) is 0. The minimum absolute atomic E-state index is 0.127. The monoisotopic (exact) mass is 426 g/mol. The van der Waals surface area contributed by atoms with Gasteiger partial charge >= 0.3 is 0 Å². The normalized spacial score (nSPS) is 26.9. The fraction of sp³-hybridized carbons (Fsp3) is 0.333. The zero-order valence-corrected chi connectivity index (χ0v) is 21.1. The molecule has 30 heavy (non-hydrogen) atoms. The van der Waals surface area contributed by atoms with E-state index in [9.17, 15) is 0 Å². The van der Waals surface area contributed by atoms with Crippen LogP contribution in [0.2, 0.25) is 32.7 Å². The Bertz CT molecular complexity index is 1270. The molecule has 3 aromatic carbocycles. The van der Waals surface area contributed by atoms with Crippen LogP contribution in [0.15, 0.2) is 54.6 Å². The molecule has 0 fully saturated rings. The molecule has 0 radical (unpaired) electrons. The van der Waals surface area contributed by atoms with Crippen molar-refractivity contribution in [2.45, 2.75) is 57.6 Å². The number of hydrogen-bond acceptors (Lipinski definition) is 1. The van der Waals surface area contributed by atoms with Gasteiger partial charge in [0.1, 0.15) is 5.60 Å². The molecule has 2 atom stereocenters. The molecular weight excluding hydrogens is 396 g/mol. The summed E-state index contributed by atoms with van der Waals surface area (Å²) in [6.45, 7) is 17.0. The van der Waals surface area contributed by atoms with Crippen LogP contribution in [0.3, 0.4) is 0 Å². The second-order valence-electron chi connectivity index (χ2n) is 11.1. The van der Waals surface area contributed by atoms with E-state index in [0.29, 0.717) is 0 Å². The number of aryl methyl sites for hydroxylation is 1. The van der Waals surface area contributed by atoms with Crippen LogP contribution in [-0.2, 0) is 15.4 Å². The molecule has 0 saturated carbocycles. The summed E-state index contributed by atoms with van der Waals surface area (Å²) in [5.41, 5.74) is 9.60. The number of hydrogen-bond donors (Lipinski definition) is 0. The SMILES string of the molecule is Cc1cccc2c1C13O[Si](C)(C)c4cccc(c41)C2(C)c1cccc([Si](C)(C)C)c13. The van der Waals surface area contributed by atoms with Crippen LogP contribution < -0.4 is 10.4 Å². The lowest BCUT2D eigenvalue weighted by Gasteiger charge is -2.55. The van der Waals surface area contributed by atoms with Gasteiger partial charge in [0.05, 0.1) is 8.07 Å².